The van der Waals surface area contributed by atoms with E-state index in [4.69, 9.17) is 9.84 Å². The van der Waals surface area contributed by atoms with Gasteiger partial charge in [-0.05, 0) is 12.8 Å². The Morgan fingerprint density at radius 1 is 1.56 bits per heavy atom. The van der Waals surface area contributed by atoms with E-state index in [-0.39, 0.29) is 24.5 Å². The number of carbonyl (C=O) groups is 1. The van der Waals surface area contributed by atoms with Gasteiger partial charge >= 0.3 is 0 Å². The van der Waals surface area contributed by atoms with Gasteiger partial charge < -0.3 is 15.2 Å². The van der Waals surface area contributed by atoms with Crippen molar-refractivity contribution in [2.75, 3.05) is 31.8 Å². The van der Waals surface area contributed by atoms with E-state index in [2.05, 4.69) is 5.32 Å². The lowest BCUT2D eigenvalue weighted by molar-refractivity contribution is -0.119. The molecule has 0 radical (unpaired) electrons. The smallest absolute Gasteiger partial charge is 0.230 e. The van der Waals surface area contributed by atoms with Crippen LogP contribution in [0.25, 0.3) is 0 Å². The maximum Gasteiger partial charge on any atom is 0.230 e. The van der Waals surface area contributed by atoms with Crippen molar-refractivity contribution in [3.05, 3.63) is 0 Å². The summed E-state index contributed by atoms with van der Waals surface area (Å²) in [5, 5.41) is 12.1. The number of nitrogens with one attached hydrogen (secondary N) is 1. The van der Waals surface area contributed by atoms with Crippen molar-refractivity contribution >= 4 is 17.7 Å². The Balaban J connectivity index is 2.13. The van der Waals surface area contributed by atoms with Gasteiger partial charge in [0.05, 0.1) is 12.4 Å². The molecule has 0 aromatic rings. The predicted molar refractivity (Wildman–Crippen MR) is 65.6 cm³/mol. The Morgan fingerprint density at radius 2 is 2.38 bits per heavy atom. The van der Waals surface area contributed by atoms with E-state index in [1.165, 1.54) is 0 Å². The molecule has 2 atom stereocenters. The number of methoxy groups -OCH3 is 1. The van der Waals surface area contributed by atoms with Crippen LogP contribution in [0.15, 0.2) is 0 Å². The number of hydrogen-bond acceptors (Lipinski definition) is 4. The molecule has 16 heavy (non-hydrogen) atoms. The average Bonchev–Trinajstić information content (AvgIpc) is 2.71. The van der Waals surface area contributed by atoms with E-state index in [0.29, 0.717) is 12.4 Å². The van der Waals surface area contributed by atoms with Crippen LogP contribution in [-0.2, 0) is 9.53 Å². The molecule has 0 saturated heterocycles. The highest BCUT2D eigenvalue weighted by molar-refractivity contribution is 7.99. The summed E-state index contributed by atoms with van der Waals surface area (Å²) in [6.07, 6.45) is 3.13. The molecule has 1 aliphatic carbocycles. The number of amides is 1. The molecule has 1 rings (SSSR count). The summed E-state index contributed by atoms with van der Waals surface area (Å²) >= 11 is 1.58. The monoisotopic (exact) mass is 247 g/mol. The van der Waals surface area contributed by atoms with Gasteiger partial charge in [-0.15, -0.1) is 11.8 Å². The molecule has 5 heteroatoms. The Bertz CT molecular complexity index is 213. The lowest BCUT2D eigenvalue weighted by Crippen LogP contribution is -2.39. The third kappa shape index (κ3) is 4.72. The van der Waals surface area contributed by atoms with Crippen LogP contribution >= 0.6 is 11.8 Å². The van der Waals surface area contributed by atoms with Gasteiger partial charge in [-0.2, -0.15) is 0 Å². The third-order valence-corrected chi connectivity index (χ3v) is 3.83. The van der Waals surface area contributed by atoms with Crippen molar-refractivity contribution < 1.29 is 14.6 Å². The van der Waals surface area contributed by atoms with Gasteiger partial charge in [0.15, 0.2) is 0 Å². The fourth-order valence-electron chi connectivity index (χ4n) is 2.00. The fourth-order valence-corrected chi connectivity index (χ4v) is 2.70. The molecule has 2 N–H and O–H groups in total. The second kappa shape index (κ2) is 7.92. The molecule has 0 aliphatic heterocycles. The Hall–Kier alpha value is -0.260. The van der Waals surface area contributed by atoms with E-state index in [9.17, 15) is 4.79 Å². The zero-order valence-electron chi connectivity index (χ0n) is 9.78. The maximum atomic E-state index is 11.6. The van der Waals surface area contributed by atoms with Gasteiger partial charge in [-0.3, -0.25) is 4.79 Å². The Labute approximate surface area is 101 Å². The van der Waals surface area contributed by atoms with Crippen molar-refractivity contribution in [1.29, 1.82) is 0 Å². The lowest BCUT2D eigenvalue weighted by Gasteiger charge is -2.18. The van der Waals surface area contributed by atoms with Crippen molar-refractivity contribution in [3.63, 3.8) is 0 Å². The molecular formula is C11H21NO3S. The van der Waals surface area contributed by atoms with Crippen LogP contribution in [0.1, 0.15) is 19.3 Å². The SMILES string of the molecule is COCCSCC(=O)NC1CCCC1CO. The number of ether oxygens (including phenoxy) is 1. The molecule has 94 valence electrons. The topological polar surface area (TPSA) is 58.6 Å². The molecule has 0 aromatic carbocycles. The third-order valence-electron chi connectivity index (χ3n) is 2.90. The molecule has 0 spiro atoms. The van der Waals surface area contributed by atoms with Crippen molar-refractivity contribution in [2.24, 2.45) is 5.92 Å². The van der Waals surface area contributed by atoms with E-state index < -0.39 is 0 Å². The number of aliphatic hydroxyl groups excluding tert-OH is 1. The van der Waals surface area contributed by atoms with Gasteiger partial charge in [-0.1, -0.05) is 6.42 Å². The zero-order valence-corrected chi connectivity index (χ0v) is 10.6. The first kappa shape index (κ1) is 13.8. The van der Waals surface area contributed by atoms with Crippen LogP contribution in [0.5, 0.6) is 0 Å². The molecule has 1 amide bonds. The van der Waals surface area contributed by atoms with E-state index in [1.54, 1.807) is 18.9 Å². The summed E-state index contributed by atoms with van der Waals surface area (Å²) in [6.45, 7) is 0.863. The lowest BCUT2D eigenvalue weighted by atomic mass is 10.1. The summed E-state index contributed by atoms with van der Waals surface area (Å²) in [6, 6.07) is 0.181. The molecule has 2 unspecified atom stereocenters. The number of carbonyl (C=O) groups excluding carboxylic acids is 1. The first-order valence-electron chi connectivity index (χ1n) is 5.74. The predicted octanol–water partition coefficient (Wildman–Crippen LogP) is 0.643. The highest BCUT2D eigenvalue weighted by Gasteiger charge is 2.27. The van der Waals surface area contributed by atoms with Crippen LogP contribution in [-0.4, -0.2) is 48.9 Å². The molecule has 1 aliphatic rings. The largest absolute Gasteiger partial charge is 0.396 e. The Kier molecular flexibility index (Phi) is 6.84. The fraction of sp³-hybridized carbons (Fsp3) is 0.909. The highest BCUT2D eigenvalue weighted by atomic mass is 32.2. The number of rotatable bonds is 7. The number of thioether (sulfide) groups is 1. The number of aliphatic hydroxyl groups is 1. The minimum atomic E-state index is 0.0754. The summed E-state index contributed by atoms with van der Waals surface area (Å²) in [4.78, 5) is 11.6. The van der Waals surface area contributed by atoms with Crippen LogP contribution < -0.4 is 5.32 Å². The summed E-state index contributed by atoms with van der Waals surface area (Å²) in [5.74, 6) is 1.66. The summed E-state index contributed by atoms with van der Waals surface area (Å²) in [7, 11) is 1.66. The van der Waals surface area contributed by atoms with Crippen LogP contribution in [0.3, 0.4) is 0 Å². The van der Waals surface area contributed by atoms with Crippen LogP contribution in [0.2, 0.25) is 0 Å². The molecule has 4 nitrogen and oxygen atoms in total. The maximum absolute atomic E-state index is 11.6. The van der Waals surface area contributed by atoms with Crippen molar-refractivity contribution in [3.8, 4) is 0 Å². The molecule has 0 bridgehead atoms. The van der Waals surface area contributed by atoms with Crippen molar-refractivity contribution in [2.45, 2.75) is 25.3 Å². The first-order chi connectivity index (χ1) is 7.77. The minimum Gasteiger partial charge on any atom is -0.396 e. The van der Waals surface area contributed by atoms with Crippen molar-refractivity contribution in [1.82, 2.24) is 5.32 Å². The van der Waals surface area contributed by atoms with Gasteiger partial charge in [0.2, 0.25) is 5.91 Å². The van der Waals surface area contributed by atoms with Gasteiger partial charge in [0, 0.05) is 31.4 Å². The molecule has 0 heterocycles. The summed E-state index contributed by atoms with van der Waals surface area (Å²) in [5.41, 5.74) is 0. The van der Waals surface area contributed by atoms with Gasteiger partial charge in [0.25, 0.3) is 0 Å². The Morgan fingerprint density at radius 3 is 3.06 bits per heavy atom. The average molecular weight is 247 g/mol. The van der Waals surface area contributed by atoms with E-state index in [1.807, 2.05) is 0 Å². The zero-order chi connectivity index (χ0) is 11.8. The first-order valence-corrected chi connectivity index (χ1v) is 6.90. The molecule has 1 fully saturated rings. The van der Waals surface area contributed by atoms with Gasteiger partial charge in [0.1, 0.15) is 0 Å². The second-order valence-electron chi connectivity index (χ2n) is 4.09. The summed E-state index contributed by atoms with van der Waals surface area (Å²) < 4.78 is 4.91. The van der Waals surface area contributed by atoms with E-state index in [0.717, 1.165) is 25.0 Å². The van der Waals surface area contributed by atoms with Gasteiger partial charge in [-0.25, -0.2) is 0 Å². The molecule has 1 saturated carbocycles. The number of hydrogen-bond donors (Lipinski definition) is 2. The normalized spacial score (nSPS) is 24.6. The van der Waals surface area contributed by atoms with Crippen LogP contribution in [0.4, 0.5) is 0 Å². The van der Waals surface area contributed by atoms with E-state index >= 15 is 0 Å². The standard InChI is InChI=1S/C11H21NO3S/c1-15-5-6-16-8-11(14)12-10-4-2-3-9(10)7-13/h9-10,13H,2-8H2,1H3,(H,12,14). The minimum absolute atomic E-state index is 0.0754. The highest BCUT2D eigenvalue weighted by Crippen LogP contribution is 2.24. The quantitative estimate of drug-likeness (QED) is 0.648. The second-order valence-corrected chi connectivity index (χ2v) is 5.20. The molecule has 0 aromatic heterocycles. The molecular weight excluding hydrogens is 226 g/mol. The van der Waals surface area contributed by atoms with Crippen LogP contribution in [0, 0.1) is 5.92 Å².